The number of anilines is 1. The molecule has 3 aromatic rings. The number of amides is 2. The lowest BCUT2D eigenvalue weighted by molar-refractivity contribution is -0.117. The first kappa shape index (κ1) is 17.0. The number of pyridine rings is 1. The Labute approximate surface area is 156 Å². The lowest BCUT2D eigenvalue weighted by Crippen LogP contribution is -2.23. The average molecular weight is 361 g/mol. The van der Waals surface area contributed by atoms with E-state index in [0.29, 0.717) is 23.7 Å². The minimum absolute atomic E-state index is 0.0459. The largest absolute Gasteiger partial charge is 0.347 e. The van der Waals surface area contributed by atoms with Crippen molar-refractivity contribution in [2.45, 2.75) is 19.4 Å². The SMILES string of the molecule is O=C(NCc1ccccc1)c1cn(-c2ccc(NC(=O)C3CC3)cn2)cn1. The second-order valence-corrected chi connectivity index (χ2v) is 6.50. The maximum absolute atomic E-state index is 12.3. The van der Waals surface area contributed by atoms with Gasteiger partial charge in [0.1, 0.15) is 17.8 Å². The standard InChI is InChI=1S/C20H19N5O2/c26-19(15-6-7-15)24-16-8-9-18(21-11-16)25-12-17(23-13-25)20(27)22-10-14-4-2-1-3-5-14/h1-5,8-9,11-13,15H,6-7,10H2,(H,22,27)(H,24,26). The van der Waals surface area contributed by atoms with Crippen LogP contribution in [0.1, 0.15) is 28.9 Å². The van der Waals surface area contributed by atoms with E-state index < -0.39 is 0 Å². The first-order valence-electron chi connectivity index (χ1n) is 8.82. The predicted molar refractivity (Wildman–Crippen MR) is 100 cm³/mol. The Bertz CT molecular complexity index is 946. The average Bonchev–Trinajstić information content (AvgIpc) is 3.44. The Hall–Kier alpha value is -3.48. The van der Waals surface area contributed by atoms with Crippen molar-refractivity contribution in [1.29, 1.82) is 0 Å². The first-order valence-corrected chi connectivity index (χ1v) is 8.82. The number of benzene rings is 1. The second kappa shape index (κ2) is 7.41. The molecule has 1 aliphatic rings. The summed E-state index contributed by atoms with van der Waals surface area (Å²) in [5.74, 6) is 0.569. The van der Waals surface area contributed by atoms with Gasteiger partial charge in [-0.05, 0) is 30.5 Å². The van der Waals surface area contributed by atoms with Crippen molar-refractivity contribution in [3.63, 3.8) is 0 Å². The van der Waals surface area contributed by atoms with Gasteiger partial charge < -0.3 is 10.6 Å². The van der Waals surface area contributed by atoms with Gasteiger partial charge in [0.05, 0.1) is 11.9 Å². The van der Waals surface area contributed by atoms with Crippen molar-refractivity contribution in [3.05, 3.63) is 72.4 Å². The number of aromatic nitrogens is 3. The van der Waals surface area contributed by atoms with E-state index in [1.165, 1.54) is 0 Å². The Kier molecular flexibility index (Phi) is 4.65. The molecule has 1 fully saturated rings. The zero-order valence-corrected chi connectivity index (χ0v) is 14.6. The molecule has 0 atom stereocenters. The first-order chi connectivity index (χ1) is 13.2. The van der Waals surface area contributed by atoms with E-state index in [4.69, 9.17) is 0 Å². The highest BCUT2D eigenvalue weighted by molar-refractivity contribution is 5.94. The molecule has 0 aliphatic heterocycles. The van der Waals surface area contributed by atoms with Crippen LogP contribution in [0.2, 0.25) is 0 Å². The minimum Gasteiger partial charge on any atom is -0.347 e. The molecule has 7 nitrogen and oxygen atoms in total. The van der Waals surface area contributed by atoms with Crippen LogP contribution < -0.4 is 10.6 Å². The molecule has 4 rings (SSSR count). The molecule has 2 amide bonds. The number of carbonyl (C=O) groups is 2. The monoisotopic (exact) mass is 361 g/mol. The fourth-order valence-electron chi connectivity index (χ4n) is 2.64. The number of rotatable bonds is 6. The number of nitrogens with one attached hydrogen (secondary N) is 2. The van der Waals surface area contributed by atoms with E-state index in [0.717, 1.165) is 18.4 Å². The quantitative estimate of drug-likeness (QED) is 0.706. The molecule has 0 saturated heterocycles. The molecule has 136 valence electrons. The molecule has 1 aromatic carbocycles. The van der Waals surface area contributed by atoms with Gasteiger partial charge >= 0.3 is 0 Å². The number of carbonyl (C=O) groups excluding carboxylic acids is 2. The van der Waals surface area contributed by atoms with Crippen molar-refractivity contribution >= 4 is 17.5 Å². The third kappa shape index (κ3) is 4.20. The highest BCUT2D eigenvalue weighted by Gasteiger charge is 2.29. The second-order valence-electron chi connectivity index (χ2n) is 6.50. The Morgan fingerprint density at radius 2 is 1.89 bits per heavy atom. The maximum atomic E-state index is 12.3. The summed E-state index contributed by atoms with van der Waals surface area (Å²) in [6.07, 6.45) is 6.70. The van der Waals surface area contributed by atoms with Gasteiger partial charge in [0, 0.05) is 18.7 Å². The van der Waals surface area contributed by atoms with Crippen LogP contribution in [0.3, 0.4) is 0 Å². The Balaban J connectivity index is 1.38. The molecular formula is C20H19N5O2. The molecule has 7 heteroatoms. The van der Waals surface area contributed by atoms with Crippen LogP contribution in [-0.2, 0) is 11.3 Å². The van der Waals surface area contributed by atoms with E-state index in [1.807, 2.05) is 30.3 Å². The van der Waals surface area contributed by atoms with Crippen molar-refractivity contribution in [2.24, 2.45) is 5.92 Å². The van der Waals surface area contributed by atoms with E-state index in [9.17, 15) is 9.59 Å². The molecule has 27 heavy (non-hydrogen) atoms. The van der Waals surface area contributed by atoms with Gasteiger partial charge in [0.2, 0.25) is 5.91 Å². The number of nitrogens with zero attached hydrogens (tertiary/aromatic N) is 3. The molecule has 2 N–H and O–H groups in total. The fraction of sp³-hybridized carbons (Fsp3) is 0.200. The van der Waals surface area contributed by atoms with Crippen molar-refractivity contribution in [3.8, 4) is 5.82 Å². The van der Waals surface area contributed by atoms with Crippen LogP contribution in [-0.4, -0.2) is 26.3 Å². The van der Waals surface area contributed by atoms with E-state index in [1.54, 1.807) is 35.4 Å². The van der Waals surface area contributed by atoms with Crippen molar-refractivity contribution in [1.82, 2.24) is 19.9 Å². The van der Waals surface area contributed by atoms with E-state index in [2.05, 4.69) is 20.6 Å². The highest BCUT2D eigenvalue weighted by atomic mass is 16.2. The summed E-state index contributed by atoms with van der Waals surface area (Å²) in [6.45, 7) is 0.445. The number of hydrogen-bond acceptors (Lipinski definition) is 4. The van der Waals surface area contributed by atoms with Gasteiger partial charge in [0.15, 0.2) is 0 Å². The maximum Gasteiger partial charge on any atom is 0.271 e. The van der Waals surface area contributed by atoms with Crippen LogP contribution >= 0.6 is 0 Å². The van der Waals surface area contributed by atoms with Crippen molar-refractivity contribution < 1.29 is 9.59 Å². The van der Waals surface area contributed by atoms with Crippen LogP contribution in [0.5, 0.6) is 0 Å². The molecule has 0 bridgehead atoms. The van der Waals surface area contributed by atoms with Gasteiger partial charge in [-0.15, -0.1) is 0 Å². The highest BCUT2D eigenvalue weighted by Crippen LogP contribution is 2.30. The lowest BCUT2D eigenvalue weighted by Gasteiger charge is -2.05. The molecule has 1 saturated carbocycles. The number of imidazole rings is 1. The summed E-state index contributed by atoms with van der Waals surface area (Å²) < 4.78 is 1.67. The molecule has 0 radical (unpaired) electrons. The third-order valence-electron chi connectivity index (χ3n) is 4.34. The number of hydrogen-bond donors (Lipinski definition) is 2. The Morgan fingerprint density at radius 3 is 2.59 bits per heavy atom. The summed E-state index contributed by atoms with van der Waals surface area (Å²) in [6, 6.07) is 13.3. The van der Waals surface area contributed by atoms with E-state index in [-0.39, 0.29) is 17.7 Å². The topological polar surface area (TPSA) is 88.9 Å². The fourth-order valence-corrected chi connectivity index (χ4v) is 2.64. The predicted octanol–water partition coefficient (Wildman–Crippen LogP) is 2.55. The summed E-state index contributed by atoms with van der Waals surface area (Å²) in [7, 11) is 0. The van der Waals surface area contributed by atoms with Crippen molar-refractivity contribution in [2.75, 3.05) is 5.32 Å². The Morgan fingerprint density at radius 1 is 1.07 bits per heavy atom. The summed E-state index contributed by atoms with van der Waals surface area (Å²) in [5, 5.41) is 5.69. The normalized spacial score (nSPS) is 13.2. The van der Waals surface area contributed by atoms with E-state index >= 15 is 0 Å². The minimum atomic E-state index is -0.245. The zero-order chi connectivity index (χ0) is 18.6. The lowest BCUT2D eigenvalue weighted by atomic mass is 10.2. The smallest absolute Gasteiger partial charge is 0.271 e. The van der Waals surface area contributed by atoms with Gasteiger partial charge in [-0.25, -0.2) is 9.97 Å². The van der Waals surface area contributed by atoms with Crippen LogP contribution in [0.4, 0.5) is 5.69 Å². The molecule has 1 aliphatic carbocycles. The van der Waals surface area contributed by atoms with Crippen LogP contribution in [0.25, 0.3) is 5.82 Å². The summed E-state index contributed by atoms with van der Waals surface area (Å²) in [5.41, 5.74) is 2.01. The molecular weight excluding hydrogens is 342 g/mol. The molecule has 0 spiro atoms. The molecule has 2 aromatic heterocycles. The van der Waals surface area contributed by atoms with Crippen LogP contribution in [0.15, 0.2) is 61.2 Å². The summed E-state index contributed by atoms with van der Waals surface area (Å²) >= 11 is 0. The molecule has 2 heterocycles. The van der Waals surface area contributed by atoms with Gasteiger partial charge in [0.25, 0.3) is 5.91 Å². The molecule has 0 unspecified atom stereocenters. The third-order valence-corrected chi connectivity index (χ3v) is 4.34. The zero-order valence-electron chi connectivity index (χ0n) is 14.6. The van der Waals surface area contributed by atoms with Gasteiger partial charge in [-0.2, -0.15) is 0 Å². The van der Waals surface area contributed by atoms with Crippen LogP contribution in [0, 0.1) is 5.92 Å². The summed E-state index contributed by atoms with van der Waals surface area (Å²) in [4.78, 5) is 32.5. The van der Waals surface area contributed by atoms with Gasteiger partial charge in [-0.3, -0.25) is 14.2 Å². The van der Waals surface area contributed by atoms with Gasteiger partial charge in [-0.1, -0.05) is 30.3 Å².